The average molecular weight is 274 g/mol. The molecule has 0 aliphatic carbocycles. The molecule has 0 fully saturated rings. The van der Waals surface area contributed by atoms with Crippen LogP contribution < -0.4 is 5.32 Å². The lowest BCUT2D eigenvalue weighted by Crippen LogP contribution is -2.34. The zero-order chi connectivity index (χ0) is 13.8. The van der Waals surface area contributed by atoms with Gasteiger partial charge in [-0.3, -0.25) is 4.68 Å². The first-order chi connectivity index (χ1) is 8.43. The number of hydrogen-bond acceptors (Lipinski definition) is 4. The highest BCUT2D eigenvalue weighted by Crippen LogP contribution is 2.16. The van der Waals surface area contributed by atoms with Gasteiger partial charge >= 0.3 is 0 Å². The Hall–Kier alpha value is -0.920. The maximum Gasteiger partial charge on any atom is 0.246 e. The molecule has 0 amide bonds. The van der Waals surface area contributed by atoms with E-state index in [2.05, 4.69) is 10.4 Å². The molecule has 1 rings (SSSR count). The highest BCUT2D eigenvalue weighted by atomic mass is 32.2. The molecule has 6 nitrogen and oxygen atoms in total. The molecule has 0 radical (unpaired) electrons. The van der Waals surface area contributed by atoms with Crippen molar-refractivity contribution in [1.82, 2.24) is 19.4 Å². The minimum Gasteiger partial charge on any atom is -0.318 e. The number of likely N-dealkylation sites (N-methyl/N-ethyl adjacent to an activating group) is 1. The van der Waals surface area contributed by atoms with Gasteiger partial charge < -0.3 is 5.32 Å². The van der Waals surface area contributed by atoms with E-state index in [1.54, 1.807) is 17.9 Å². The van der Waals surface area contributed by atoms with Gasteiger partial charge in [-0.25, -0.2) is 8.42 Å². The minimum atomic E-state index is -3.42. The van der Waals surface area contributed by atoms with Gasteiger partial charge in [0.05, 0.1) is 12.7 Å². The summed E-state index contributed by atoms with van der Waals surface area (Å²) in [5.41, 5.74) is 0. The Morgan fingerprint density at radius 3 is 2.78 bits per heavy atom. The molecule has 0 spiro atoms. The Morgan fingerprint density at radius 2 is 2.22 bits per heavy atom. The minimum absolute atomic E-state index is 0.0179. The van der Waals surface area contributed by atoms with Crippen molar-refractivity contribution in [1.29, 1.82) is 0 Å². The van der Waals surface area contributed by atoms with Gasteiger partial charge in [0.2, 0.25) is 10.0 Å². The average Bonchev–Trinajstić information content (AvgIpc) is 2.83. The summed E-state index contributed by atoms with van der Waals surface area (Å²) in [6, 6.07) is -0.0179. The van der Waals surface area contributed by atoms with Crippen molar-refractivity contribution in [2.45, 2.75) is 37.8 Å². The van der Waals surface area contributed by atoms with E-state index in [9.17, 15) is 8.42 Å². The predicted molar refractivity (Wildman–Crippen MR) is 70.9 cm³/mol. The van der Waals surface area contributed by atoms with Crippen LogP contribution in [-0.4, -0.2) is 49.2 Å². The monoisotopic (exact) mass is 274 g/mol. The summed E-state index contributed by atoms with van der Waals surface area (Å²) in [4.78, 5) is 0.251. The summed E-state index contributed by atoms with van der Waals surface area (Å²) in [6.07, 6.45) is 3.76. The van der Waals surface area contributed by atoms with E-state index in [0.717, 1.165) is 13.0 Å². The fourth-order valence-electron chi connectivity index (χ4n) is 1.49. The topological polar surface area (TPSA) is 67.2 Å². The molecule has 0 aliphatic rings. The largest absolute Gasteiger partial charge is 0.318 e. The molecule has 1 heterocycles. The summed E-state index contributed by atoms with van der Waals surface area (Å²) in [5.74, 6) is 0. The van der Waals surface area contributed by atoms with E-state index in [0.29, 0.717) is 6.54 Å². The van der Waals surface area contributed by atoms with Crippen LogP contribution in [0.3, 0.4) is 0 Å². The fraction of sp³-hybridized carbons (Fsp3) is 0.727. The van der Waals surface area contributed by atoms with Gasteiger partial charge in [0.15, 0.2) is 0 Å². The molecular formula is C11H22N4O2S. The molecule has 0 aromatic carbocycles. The van der Waals surface area contributed by atoms with Crippen LogP contribution in [0.15, 0.2) is 17.3 Å². The van der Waals surface area contributed by atoms with Crippen molar-refractivity contribution in [2.75, 3.05) is 20.6 Å². The molecule has 0 saturated carbocycles. The normalized spacial score (nSPS) is 14.1. The Morgan fingerprint density at radius 1 is 1.56 bits per heavy atom. The number of aromatic nitrogens is 2. The van der Waals surface area contributed by atoms with Gasteiger partial charge in [-0.05, 0) is 20.4 Å². The molecule has 1 unspecified atom stereocenters. The van der Waals surface area contributed by atoms with Gasteiger partial charge in [-0.2, -0.15) is 9.40 Å². The van der Waals surface area contributed by atoms with Crippen LogP contribution in [0.4, 0.5) is 0 Å². The number of nitrogens with one attached hydrogen (secondary N) is 1. The zero-order valence-electron chi connectivity index (χ0n) is 11.4. The van der Waals surface area contributed by atoms with Gasteiger partial charge in [0, 0.05) is 25.8 Å². The molecule has 7 heteroatoms. The Balaban J connectivity index is 2.88. The molecule has 104 valence electrons. The molecule has 0 bridgehead atoms. The summed E-state index contributed by atoms with van der Waals surface area (Å²) in [6.45, 7) is 5.26. The van der Waals surface area contributed by atoms with E-state index >= 15 is 0 Å². The van der Waals surface area contributed by atoms with E-state index in [1.807, 2.05) is 20.9 Å². The highest BCUT2D eigenvalue weighted by Gasteiger charge is 2.25. The lowest BCUT2D eigenvalue weighted by Gasteiger charge is -2.22. The van der Waals surface area contributed by atoms with Crippen molar-refractivity contribution in [2.24, 2.45) is 0 Å². The fourth-order valence-corrected chi connectivity index (χ4v) is 2.88. The van der Waals surface area contributed by atoms with Gasteiger partial charge in [-0.15, -0.1) is 0 Å². The second kappa shape index (κ2) is 6.31. The van der Waals surface area contributed by atoms with Crippen LogP contribution in [0.2, 0.25) is 0 Å². The van der Waals surface area contributed by atoms with Gasteiger partial charge in [0.25, 0.3) is 0 Å². The standard InChI is InChI=1S/C11H22N4O2S/c1-5-10(2)14(4)18(16,17)11-8-13-15(9-11)7-6-12-3/h8-10,12H,5-7H2,1-4H3. The van der Waals surface area contributed by atoms with Crippen molar-refractivity contribution >= 4 is 10.0 Å². The van der Waals surface area contributed by atoms with E-state index in [4.69, 9.17) is 0 Å². The molecule has 1 aromatic rings. The summed E-state index contributed by atoms with van der Waals surface area (Å²) in [5, 5.41) is 7.05. The smallest absolute Gasteiger partial charge is 0.246 e. The zero-order valence-corrected chi connectivity index (χ0v) is 12.2. The number of rotatable bonds is 7. The molecular weight excluding hydrogens is 252 g/mol. The first kappa shape index (κ1) is 15.1. The van der Waals surface area contributed by atoms with Crippen LogP contribution in [0.1, 0.15) is 20.3 Å². The number of hydrogen-bond donors (Lipinski definition) is 1. The molecule has 18 heavy (non-hydrogen) atoms. The van der Waals surface area contributed by atoms with Crippen LogP contribution >= 0.6 is 0 Å². The van der Waals surface area contributed by atoms with Crippen molar-refractivity contribution in [3.05, 3.63) is 12.4 Å². The van der Waals surface area contributed by atoms with Crippen LogP contribution in [-0.2, 0) is 16.6 Å². The summed E-state index contributed by atoms with van der Waals surface area (Å²) < 4.78 is 27.6. The first-order valence-electron chi connectivity index (χ1n) is 6.08. The second-order valence-corrected chi connectivity index (χ2v) is 6.32. The van der Waals surface area contributed by atoms with E-state index in [-0.39, 0.29) is 10.9 Å². The molecule has 1 atom stereocenters. The third-order valence-corrected chi connectivity index (χ3v) is 5.01. The quantitative estimate of drug-likeness (QED) is 0.787. The Labute approximate surface area is 109 Å². The van der Waals surface area contributed by atoms with Crippen molar-refractivity contribution in [3.8, 4) is 0 Å². The maximum atomic E-state index is 12.3. The van der Waals surface area contributed by atoms with Crippen LogP contribution in [0.25, 0.3) is 0 Å². The van der Waals surface area contributed by atoms with Crippen molar-refractivity contribution < 1.29 is 8.42 Å². The SMILES string of the molecule is CCC(C)N(C)S(=O)(=O)c1cnn(CCNC)c1. The summed E-state index contributed by atoms with van der Waals surface area (Å²) in [7, 11) is 0.0258. The molecule has 1 N–H and O–H groups in total. The Bertz CT molecular complexity index is 469. The van der Waals surface area contributed by atoms with Crippen LogP contribution in [0.5, 0.6) is 0 Å². The third-order valence-electron chi connectivity index (χ3n) is 3.09. The molecule has 0 saturated heterocycles. The second-order valence-electron chi connectivity index (χ2n) is 4.32. The predicted octanol–water partition coefficient (Wildman–Crippen LogP) is 0.521. The van der Waals surface area contributed by atoms with Gasteiger partial charge in [0.1, 0.15) is 4.90 Å². The lowest BCUT2D eigenvalue weighted by molar-refractivity contribution is 0.380. The first-order valence-corrected chi connectivity index (χ1v) is 7.52. The Kier molecular flexibility index (Phi) is 5.30. The van der Waals surface area contributed by atoms with E-state index < -0.39 is 10.0 Å². The molecule has 1 aromatic heterocycles. The number of sulfonamides is 1. The van der Waals surface area contributed by atoms with E-state index in [1.165, 1.54) is 10.5 Å². The van der Waals surface area contributed by atoms with Gasteiger partial charge in [-0.1, -0.05) is 6.92 Å². The lowest BCUT2D eigenvalue weighted by atomic mass is 10.3. The third kappa shape index (κ3) is 3.30. The molecule has 0 aliphatic heterocycles. The van der Waals surface area contributed by atoms with Crippen LogP contribution in [0, 0.1) is 0 Å². The van der Waals surface area contributed by atoms with Crippen molar-refractivity contribution in [3.63, 3.8) is 0 Å². The maximum absolute atomic E-state index is 12.3. The highest BCUT2D eigenvalue weighted by molar-refractivity contribution is 7.89. The summed E-state index contributed by atoms with van der Waals surface area (Å²) >= 11 is 0. The number of nitrogens with zero attached hydrogens (tertiary/aromatic N) is 3.